The quantitative estimate of drug-likeness (QED) is 0.559. The van der Waals surface area contributed by atoms with E-state index in [2.05, 4.69) is 16.0 Å². The topological polar surface area (TPSA) is 87.3 Å². The van der Waals surface area contributed by atoms with E-state index in [0.717, 1.165) is 0 Å². The van der Waals surface area contributed by atoms with Gasteiger partial charge >= 0.3 is 0 Å². The van der Waals surface area contributed by atoms with Gasteiger partial charge in [-0.2, -0.15) is 0 Å². The summed E-state index contributed by atoms with van der Waals surface area (Å²) in [6.45, 7) is 1.46. The molecule has 1 unspecified atom stereocenters. The Kier molecular flexibility index (Phi) is 6.08. The zero-order valence-corrected chi connectivity index (χ0v) is 13.3. The van der Waals surface area contributed by atoms with E-state index in [-0.39, 0.29) is 12.6 Å². The molecule has 0 aliphatic heterocycles. The van der Waals surface area contributed by atoms with Gasteiger partial charge in [-0.3, -0.25) is 14.4 Å². The summed E-state index contributed by atoms with van der Waals surface area (Å²) in [6, 6.07) is 17.6. The van der Waals surface area contributed by atoms with Gasteiger partial charge < -0.3 is 16.0 Å². The molecule has 3 amide bonds. The number of amides is 3. The Hall–Kier alpha value is -3.15. The average Bonchev–Trinajstić information content (AvgIpc) is 2.62. The van der Waals surface area contributed by atoms with Crippen LogP contribution in [0.2, 0.25) is 0 Å². The normalized spacial score (nSPS) is 11.2. The van der Waals surface area contributed by atoms with E-state index < -0.39 is 17.7 Å². The highest BCUT2D eigenvalue weighted by Gasteiger charge is 2.21. The number of carbonyl (C=O) groups is 3. The second-order valence-electron chi connectivity index (χ2n) is 5.17. The number of carbonyl (C=O) groups excluding carboxylic acids is 3. The van der Waals surface area contributed by atoms with Crippen LogP contribution in [0, 0.1) is 5.92 Å². The predicted octanol–water partition coefficient (Wildman–Crippen LogP) is 1.76. The fourth-order valence-electron chi connectivity index (χ4n) is 1.95. The molecule has 0 spiro atoms. The molecule has 0 aromatic heterocycles. The molecule has 0 fully saturated rings. The Morgan fingerprint density at radius 1 is 0.833 bits per heavy atom. The van der Waals surface area contributed by atoms with Crippen molar-refractivity contribution in [3.05, 3.63) is 66.2 Å². The molecule has 6 heteroatoms. The van der Waals surface area contributed by atoms with Gasteiger partial charge in [0.2, 0.25) is 11.8 Å². The standard InChI is InChI=1S/C18H19N3O3/c1-13(17(23)21-15-10-6-3-7-11-15)16(22)19-12-20-18(24)14-8-4-2-5-9-14/h2-11,13H,12H2,1H3,(H,19,22)(H,20,24)(H,21,23). The van der Waals surface area contributed by atoms with Gasteiger partial charge in [-0.1, -0.05) is 36.4 Å². The van der Waals surface area contributed by atoms with Crippen LogP contribution in [0.25, 0.3) is 0 Å². The van der Waals surface area contributed by atoms with Crippen molar-refractivity contribution in [3.63, 3.8) is 0 Å². The Balaban J connectivity index is 1.77. The van der Waals surface area contributed by atoms with E-state index in [4.69, 9.17) is 0 Å². The molecule has 0 bridgehead atoms. The van der Waals surface area contributed by atoms with Gasteiger partial charge in [0.05, 0.1) is 6.67 Å². The molecule has 0 radical (unpaired) electrons. The van der Waals surface area contributed by atoms with Crippen molar-refractivity contribution in [2.75, 3.05) is 12.0 Å². The first-order valence-electron chi connectivity index (χ1n) is 7.55. The summed E-state index contributed by atoms with van der Waals surface area (Å²) in [7, 11) is 0. The lowest BCUT2D eigenvalue weighted by Gasteiger charge is -2.13. The van der Waals surface area contributed by atoms with Crippen LogP contribution in [-0.2, 0) is 9.59 Å². The number of benzene rings is 2. The minimum atomic E-state index is -0.876. The van der Waals surface area contributed by atoms with Gasteiger partial charge in [-0.05, 0) is 31.2 Å². The number of hydrogen-bond acceptors (Lipinski definition) is 3. The largest absolute Gasteiger partial charge is 0.338 e. The van der Waals surface area contributed by atoms with Crippen molar-refractivity contribution in [1.82, 2.24) is 10.6 Å². The second-order valence-corrected chi connectivity index (χ2v) is 5.17. The highest BCUT2D eigenvalue weighted by atomic mass is 16.2. The summed E-state index contributed by atoms with van der Waals surface area (Å²) < 4.78 is 0. The second kappa shape index (κ2) is 8.47. The number of anilines is 1. The molecular formula is C18H19N3O3. The van der Waals surface area contributed by atoms with Gasteiger partial charge in [0, 0.05) is 11.3 Å². The lowest BCUT2D eigenvalue weighted by molar-refractivity contribution is -0.131. The van der Waals surface area contributed by atoms with Gasteiger partial charge in [-0.25, -0.2) is 0 Å². The summed E-state index contributed by atoms with van der Waals surface area (Å²) in [5.74, 6) is -2.04. The summed E-state index contributed by atoms with van der Waals surface area (Å²) in [5, 5.41) is 7.75. The van der Waals surface area contributed by atoms with E-state index in [1.165, 1.54) is 6.92 Å². The van der Waals surface area contributed by atoms with Crippen molar-refractivity contribution >= 4 is 23.4 Å². The first-order chi connectivity index (χ1) is 11.6. The summed E-state index contributed by atoms with van der Waals surface area (Å²) >= 11 is 0. The Labute approximate surface area is 140 Å². The Morgan fingerprint density at radius 2 is 1.42 bits per heavy atom. The maximum Gasteiger partial charge on any atom is 0.252 e. The molecule has 3 N–H and O–H groups in total. The molecule has 0 saturated heterocycles. The maximum absolute atomic E-state index is 12.0. The minimum Gasteiger partial charge on any atom is -0.338 e. The third kappa shape index (κ3) is 4.95. The fraction of sp³-hybridized carbons (Fsp3) is 0.167. The minimum absolute atomic E-state index is 0.0461. The van der Waals surface area contributed by atoms with Gasteiger partial charge in [0.15, 0.2) is 0 Å². The zero-order chi connectivity index (χ0) is 17.4. The van der Waals surface area contributed by atoms with Crippen LogP contribution in [0.1, 0.15) is 17.3 Å². The van der Waals surface area contributed by atoms with Crippen LogP contribution < -0.4 is 16.0 Å². The van der Waals surface area contributed by atoms with Crippen LogP contribution in [0.15, 0.2) is 60.7 Å². The van der Waals surface area contributed by atoms with Gasteiger partial charge in [0.25, 0.3) is 5.91 Å². The molecule has 124 valence electrons. The molecule has 1 atom stereocenters. The van der Waals surface area contributed by atoms with Crippen LogP contribution in [-0.4, -0.2) is 24.4 Å². The molecule has 2 rings (SSSR count). The molecular weight excluding hydrogens is 306 g/mol. The smallest absolute Gasteiger partial charge is 0.252 e. The molecule has 0 heterocycles. The molecule has 24 heavy (non-hydrogen) atoms. The van der Waals surface area contributed by atoms with E-state index in [9.17, 15) is 14.4 Å². The van der Waals surface area contributed by atoms with Crippen molar-refractivity contribution in [2.24, 2.45) is 5.92 Å². The summed E-state index contributed by atoms with van der Waals surface area (Å²) in [4.78, 5) is 35.8. The maximum atomic E-state index is 12.0. The van der Waals surface area contributed by atoms with Crippen molar-refractivity contribution in [3.8, 4) is 0 Å². The molecule has 2 aromatic carbocycles. The highest BCUT2D eigenvalue weighted by Crippen LogP contribution is 2.07. The number of para-hydroxylation sites is 1. The highest BCUT2D eigenvalue weighted by molar-refractivity contribution is 6.06. The average molecular weight is 325 g/mol. The lowest BCUT2D eigenvalue weighted by Crippen LogP contribution is -2.42. The van der Waals surface area contributed by atoms with Crippen LogP contribution in [0.5, 0.6) is 0 Å². The molecule has 0 aliphatic rings. The summed E-state index contributed by atoms with van der Waals surface area (Å²) in [6.07, 6.45) is 0. The van der Waals surface area contributed by atoms with Crippen LogP contribution >= 0.6 is 0 Å². The monoisotopic (exact) mass is 325 g/mol. The predicted molar refractivity (Wildman–Crippen MR) is 91.2 cm³/mol. The Morgan fingerprint density at radius 3 is 2.04 bits per heavy atom. The first kappa shape index (κ1) is 17.2. The molecule has 2 aromatic rings. The van der Waals surface area contributed by atoms with E-state index in [1.807, 2.05) is 12.1 Å². The molecule has 0 saturated carbocycles. The van der Waals surface area contributed by atoms with Crippen molar-refractivity contribution < 1.29 is 14.4 Å². The van der Waals surface area contributed by atoms with E-state index in [1.54, 1.807) is 48.5 Å². The third-order valence-electron chi connectivity index (χ3n) is 3.38. The van der Waals surface area contributed by atoms with E-state index in [0.29, 0.717) is 11.3 Å². The third-order valence-corrected chi connectivity index (χ3v) is 3.38. The van der Waals surface area contributed by atoms with Crippen molar-refractivity contribution in [1.29, 1.82) is 0 Å². The fourth-order valence-corrected chi connectivity index (χ4v) is 1.95. The molecule has 6 nitrogen and oxygen atoms in total. The van der Waals surface area contributed by atoms with Crippen molar-refractivity contribution in [2.45, 2.75) is 6.92 Å². The SMILES string of the molecule is CC(C(=O)NCNC(=O)c1ccccc1)C(=O)Nc1ccccc1. The Bertz CT molecular complexity index is 702. The number of hydrogen-bond donors (Lipinski definition) is 3. The number of nitrogens with one attached hydrogen (secondary N) is 3. The lowest BCUT2D eigenvalue weighted by atomic mass is 10.1. The van der Waals surface area contributed by atoms with Crippen LogP contribution in [0.4, 0.5) is 5.69 Å². The van der Waals surface area contributed by atoms with Gasteiger partial charge in [-0.15, -0.1) is 0 Å². The zero-order valence-electron chi connectivity index (χ0n) is 13.3. The first-order valence-corrected chi connectivity index (χ1v) is 7.55. The molecule has 0 aliphatic carbocycles. The summed E-state index contributed by atoms with van der Waals surface area (Å²) in [5.41, 5.74) is 1.13. The van der Waals surface area contributed by atoms with Crippen LogP contribution in [0.3, 0.4) is 0 Å². The van der Waals surface area contributed by atoms with E-state index >= 15 is 0 Å². The number of rotatable bonds is 6. The van der Waals surface area contributed by atoms with Gasteiger partial charge in [0.1, 0.15) is 5.92 Å².